The first-order valence-corrected chi connectivity index (χ1v) is 10.8. The molecule has 2 aromatic heterocycles. The first-order chi connectivity index (χ1) is 15.5. The molecule has 0 aliphatic heterocycles. The fourth-order valence-corrected chi connectivity index (χ4v) is 4.05. The Morgan fingerprint density at radius 2 is 1.88 bits per heavy atom. The summed E-state index contributed by atoms with van der Waals surface area (Å²) in [5.41, 5.74) is 0.868. The number of anilines is 1. The lowest BCUT2D eigenvalue weighted by Crippen LogP contribution is -2.45. The van der Waals surface area contributed by atoms with Gasteiger partial charge in [0.15, 0.2) is 5.82 Å². The number of amides is 2. The van der Waals surface area contributed by atoms with Crippen LogP contribution in [-0.2, 0) is 21.5 Å². The third-order valence-electron chi connectivity index (χ3n) is 5.60. The molecule has 11 heteroatoms. The van der Waals surface area contributed by atoms with Gasteiger partial charge in [0.2, 0.25) is 17.7 Å². The number of aromatic nitrogens is 6. The van der Waals surface area contributed by atoms with Crippen LogP contribution < -0.4 is 10.6 Å². The molecule has 0 bridgehead atoms. The summed E-state index contributed by atoms with van der Waals surface area (Å²) >= 11 is 0. The van der Waals surface area contributed by atoms with Crippen LogP contribution in [0, 0.1) is 0 Å². The number of nitrogens with one attached hydrogen (secondary N) is 2. The Hall–Kier alpha value is -3.63. The smallest absolute Gasteiger partial charge is 0.227 e. The van der Waals surface area contributed by atoms with Crippen LogP contribution in [0.4, 0.5) is 5.69 Å². The molecule has 11 nitrogen and oxygen atoms in total. The van der Waals surface area contributed by atoms with Crippen LogP contribution in [0.2, 0.25) is 0 Å². The number of rotatable bonds is 7. The molecule has 1 aromatic carbocycles. The SMILES string of the molecule is CC(=O)NC1(c2noc(CCC(=O)Nc3ccc(-n4cnnn4)cc3)n2)CCCCCC1. The monoisotopic (exact) mass is 438 g/mol. The first-order valence-electron chi connectivity index (χ1n) is 10.8. The van der Waals surface area contributed by atoms with Gasteiger partial charge < -0.3 is 15.2 Å². The summed E-state index contributed by atoms with van der Waals surface area (Å²) in [6.07, 6.45) is 7.83. The lowest BCUT2D eigenvalue weighted by atomic mass is 9.89. The standard InChI is InChI=1S/C21H26N8O3/c1-15(30)25-21(12-4-2-3-5-13-21)20-24-19(32-26-20)11-10-18(31)23-16-6-8-17(9-7-16)29-14-22-27-28-29/h6-9,14H,2-5,10-13H2,1H3,(H,23,31)(H,25,30). The quantitative estimate of drug-likeness (QED) is 0.535. The highest BCUT2D eigenvalue weighted by molar-refractivity contribution is 5.90. The van der Waals surface area contributed by atoms with Gasteiger partial charge in [0.05, 0.1) is 5.69 Å². The number of tetrazole rings is 1. The highest BCUT2D eigenvalue weighted by Crippen LogP contribution is 2.34. The zero-order valence-corrected chi connectivity index (χ0v) is 18.0. The summed E-state index contributed by atoms with van der Waals surface area (Å²) in [5, 5.41) is 21.1. The minimum atomic E-state index is -0.590. The second-order valence-corrected chi connectivity index (χ2v) is 8.04. The van der Waals surface area contributed by atoms with Gasteiger partial charge in [-0.2, -0.15) is 4.98 Å². The highest BCUT2D eigenvalue weighted by Gasteiger charge is 2.38. The molecule has 0 saturated heterocycles. The lowest BCUT2D eigenvalue weighted by molar-refractivity contribution is -0.121. The number of benzene rings is 1. The van der Waals surface area contributed by atoms with Crippen molar-refractivity contribution >= 4 is 17.5 Å². The van der Waals surface area contributed by atoms with E-state index >= 15 is 0 Å². The van der Waals surface area contributed by atoms with E-state index in [9.17, 15) is 9.59 Å². The minimum Gasteiger partial charge on any atom is -0.343 e. The van der Waals surface area contributed by atoms with Gasteiger partial charge in [-0.15, -0.1) is 5.10 Å². The van der Waals surface area contributed by atoms with E-state index < -0.39 is 5.54 Å². The maximum absolute atomic E-state index is 12.4. The van der Waals surface area contributed by atoms with Crippen LogP contribution in [0.1, 0.15) is 63.6 Å². The maximum Gasteiger partial charge on any atom is 0.227 e. The Morgan fingerprint density at radius 3 is 2.53 bits per heavy atom. The van der Waals surface area contributed by atoms with Crippen molar-refractivity contribution in [3.05, 3.63) is 42.3 Å². The fourth-order valence-electron chi connectivity index (χ4n) is 4.05. The summed E-state index contributed by atoms with van der Waals surface area (Å²) < 4.78 is 6.94. The molecule has 0 unspecified atom stereocenters. The van der Waals surface area contributed by atoms with Crippen molar-refractivity contribution in [2.75, 3.05) is 5.32 Å². The molecular formula is C21H26N8O3. The Balaban J connectivity index is 1.35. The van der Waals surface area contributed by atoms with Gasteiger partial charge in [-0.25, -0.2) is 4.68 Å². The van der Waals surface area contributed by atoms with Crippen molar-refractivity contribution < 1.29 is 14.1 Å². The average molecular weight is 438 g/mol. The van der Waals surface area contributed by atoms with Gasteiger partial charge >= 0.3 is 0 Å². The first kappa shape index (κ1) is 21.6. The van der Waals surface area contributed by atoms with Crippen LogP contribution in [0.25, 0.3) is 5.69 Å². The second kappa shape index (κ2) is 9.67. The Kier molecular flexibility index (Phi) is 6.52. The number of carbonyl (C=O) groups excluding carboxylic acids is 2. The minimum absolute atomic E-state index is 0.108. The van der Waals surface area contributed by atoms with E-state index in [2.05, 4.69) is 36.3 Å². The molecule has 2 heterocycles. The largest absolute Gasteiger partial charge is 0.343 e. The molecule has 0 spiro atoms. The third kappa shape index (κ3) is 5.16. The molecule has 1 saturated carbocycles. The molecule has 0 atom stereocenters. The van der Waals surface area contributed by atoms with Crippen molar-refractivity contribution in [2.45, 2.75) is 63.8 Å². The number of carbonyl (C=O) groups is 2. The van der Waals surface area contributed by atoms with Gasteiger partial charge in [-0.1, -0.05) is 30.8 Å². The molecule has 32 heavy (non-hydrogen) atoms. The number of aryl methyl sites for hydroxylation is 1. The van der Waals surface area contributed by atoms with E-state index in [4.69, 9.17) is 4.52 Å². The summed E-state index contributed by atoms with van der Waals surface area (Å²) in [6.45, 7) is 1.51. The molecular weight excluding hydrogens is 412 g/mol. The van der Waals surface area contributed by atoms with Crippen LogP contribution >= 0.6 is 0 Å². The van der Waals surface area contributed by atoms with Crippen LogP contribution in [0.5, 0.6) is 0 Å². The Bertz CT molecular complexity index is 1040. The third-order valence-corrected chi connectivity index (χ3v) is 5.60. The fraction of sp³-hybridized carbons (Fsp3) is 0.476. The zero-order valence-electron chi connectivity index (χ0n) is 18.0. The molecule has 1 aliphatic rings. The van der Waals surface area contributed by atoms with E-state index in [0.717, 1.165) is 44.2 Å². The summed E-state index contributed by atoms with van der Waals surface area (Å²) in [4.78, 5) is 28.7. The Labute approximate surface area is 185 Å². The van der Waals surface area contributed by atoms with Crippen LogP contribution in [-0.4, -0.2) is 42.2 Å². The van der Waals surface area contributed by atoms with Gasteiger partial charge in [0, 0.05) is 25.5 Å². The van der Waals surface area contributed by atoms with Gasteiger partial charge in [0.25, 0.3) is 0 Å². The topological polar surface area (TPSA) is 141 Å². The second-order valence-electron chi connectivity index (χ2n) is 8.04. The van der Waals surface area contributed by atoms with Crippen molar-refractivity contribution in [3.63, 3.8) is 0 Å². The molecule has 2 amide bonds. The predicted molar refractivity (Wildman–Crippen MR) is 114 cm³/mol. The average Bonchev–Trinajstić information content (AvgIpc) is 3.43. The van der Waals surface area contributed by atoms with E-state index in [1.165, 1.54) is 17.9 Å². The molecule has 3 aromatic rings. The molecule has 2 N–H and O–H groups in total. The normalized spacial score (nSPS) is 15.7. The zero-order chi connectivity index (χ0) is 22.4. The van der Waals surface area contributed by atoms with Gasteiger partial charge in [-0.3, -0.25) is 9.59 Å². The molecule has 4 rings (SSSR count). The number of hydrogen-bond donors (Lipinski definition) is 2. The number of hydrogen-bond acceptors (Lipinski definition) is 8. The lowest BCUT2D eigenvalue weighted by Gasteiger charge is -2.30. The van der Waals surface area contributed by atoms with E-state index in [1.807, 2.05) is 12.1 Å². The van der Waals surface area contributed by atoms with Gasteiger partial charge in [-0.05, 0) is 47.5 Å². The van der Waals surface area contributed by atoms with Crippen LogP contribution in [0.3, 0.4) is 0 Å². The van der Waals surface area contributed by atoms with E-state index in [1.54, 1.807) is 12.1 Å². The molecule has 1 aliphatic carbocycles. The number of nitrogens with zero attached hydrogens (tertiary/aromatic N) is 6. The van der Waals surface area contributed by atoms with Crippen LogP contribution in [0.15, 0.2) is 35.1 Å². The van der Waals surface area contributed by atoms with Crippen molar-refractivity contribution in [1.82, 2.24) is 35.7 Å². The van der Waals surface area contributed by atoms with Gasteiger partial charge in [0.1, 0.15) is 11.9 Å². The maximum atomic E-state index is 12.4. The van der Waals surface area contributed by atoms with Crippen molar-refractivity contribution in [3.8, 4) is 5.69 Å². The highest BCUT2D eigenvalue weighted by atomic mass is 16.5. The summed E-state index contributed by atoms with van der Waals surface area (Å²) in [5.74, 6) is 0.621. The predicted octanol–water partition coefficient (Wildman–Crippen LogP) is 2.30. The Morgan fingerprint density at radius 1 is 1.12 bits per heavy atom. The van der Waals surface area contributed by atoms with Crippen molar-refractivity contribution in [2.24, 2.45) is 0 Å². The van der Waals surface area contributed by atoms with E-state index in [0.29, 0.717) is 23.8 Å². The molecule has 0 radical (unpaired) electrons. The molecule has 1 fully saturated rings. The van der Waals surface area contributed by atoms with E-state index in [-0.39, 0.29) is 18.2 Å². The summed E-state index contributed by atoms with van der Waals surface area (Å²) in [7, 11) is 0. The molecule has 168 valence electrons. The summed E-state index contributed by atoms with van der Waals surface area (Å²) in [6, 6.07) is 7.18. The van der Waals surface area contributed by atoms with Crippen molar-refractivity contribution in [1.29, 1.82) is 0 Å².